The highest BCUT2D eigenvalue weighted by Gasteiger charge is 2.35. The molecule has 338 valence electrons. The van der Waals surface area contributed by atoms with Crippen molar-refractivity contribution in [1.82, 2.24) is 4.57 Å². The molecule has 1 aliphatic rings. The quantitative estimate of drug-likeness (QED) is 0.0514. The Kier molecular flexibility index (Phi) is 14.1. The lowest BCUT2D eigenvalue weighted by Gasteiger charge is -2.26. The van der Waals surface area contributed by atoms with Crippen molar-refractivity contribution >= 4 is 39.8 Å². The second-order valence-electron chi connectivity index (χ2n) is 17.0. The monoisotopic (exact) mass is 870 g/mol. The molecule has 0 saturated heterocycles. The van der Waals surface area contributed by atoms with Crippen LogP contribution in [-0.4, -0.2) is 69.0 Å². The van der Waals surface area contributed by atoms with Gasteiger partial charge in [0, 0.05) is 40.1 Å². The molecule has 63 heavy (non-hydrogen) atoms. The van der Waals surface area contributed by atoms with E-state index in [0.29, 0.717) is 58.0 Å². The number of nitrogens with zero attached hydrogens (tertiary/aromatic N) is 1. The maximum Gasteiger partial charge on any atom is 0.361 e. The molecule has 0 amide bonds. The standard InChI is InChI=1S/C47H58N4O12/c1-22(2)15-29(48)44(52)60-32-12-11-25(18-34(32)56-7)38-39-28-20-35(57-8)36(62-45(53)30(49)16-23(3)4)21-33(28)61-47(55)41(39)51-14-13-26-27(40(38)51)19-37(58-9)43(59-10)42(26)63-46(54)31(50)17-24(5)6/h11-12,18-24,29-31H,13-17,48-50H2,1-10H3/t29-,30-,31-/m0/s1. The third-order valence-corrected chi connectivity index (χ3v) is 10.9. The minimum absolute atomic E-state index is 0.00931. The molecule has 1 aliphatic heterocycles. The lowest BCUT2D eigenvalue weighted by molar-refractivity contribution is -0.137. The fourth-order valence-electron chi connectivity index (χ4n) is 8.14. The summed E-state index contributed by atoms with van der Waals surface area (Å²) in [5, 5.41) is 0.891. The molecule has 16 heteroatoms. The first kappa shape index (κ1) is 46.4. The molecule has 0 spiro atoms. The van der Waals surface area contributed by atoms with Crippen LogP contribution in [0.4, 0.5) is 0 Å². The van der Waals surface area contributed by atoms with Gasteiger partial charge in [-0.15, -0.1) is 0 Å². The second-order valence-corrected chi connectivity index (χ2v) is 17.0. The highest BCUT2D eigenvalue weighted by Crippen LogP contribution is 2.53. The lowest BCUT2D eigenvalue weighted by Crippen LogP contribution is -2.35. The van der Waals surface area contributed by atoms with Crippen molar-refractivity contribution in [1.29, 1.82) is 0 Å². The second kappa shape index (κ2) is 19.1. The van der Waals surface area contributed by atoms with Crippen molar-refractivity contribution in [3.8, 4) is 62.6 Å². The van der Waals surface area contributed by atoms with Crippen LogP contribution >= 0.6 is 0 Å². The van der Waals surface area contributed by atoms with Gasteiger partial charge in [0.05, 0.1) is 34.1 Å². The van der Waals surface area contributed by atoms with Crippen LogP contribution in [0.3, 0.4) is 0 Å². The molecule has 0 bridgehead atoms. The molecule has 0 radical (unpaired) electrons. The minimum Gasteiger partial charge on any atom is -0.493 e. The maximum absolute atomic E-state index is 14.4. The summed E-state index contributed by atoms with van der Waals surface area (Å²) in [5.74, 6) is -0.417. The first-order chi connectivity index (χ1) is 29.9. The average Bonchev–Trinajstić information content (AvgIpc) is 3.59. The molecule has 0 aliphatic carbocycles. The Morgan fingerprint density at radius 1 is 0.651 bits per heavy atom. The maximum atomic E-state index is 14.4. The topological polar surface area (TPSA) is 229 Å². The number of esters is 3. The fourth-order valence-corrected chi connectivity index (χ4v) is 8.14. The molecule has 0 fully saturated rings. The molecular weight excluding hydrogens is 813 g/mol. The Bertz CT molecular complexity index is 2610. The number of benzene rings is 3. The highest BCUT2D eigenvalue weighted by molar-refractivity contribution is 6.17. The normalized spacial score (nSPS) is 13.7. The molecule has 6 N–H and O–H groups in total. The van der Waals surface area contributed by atoms with Crippen molar-refractivity contribution in [2.45, 2.75) is 91.9 Å². The van der Waals surface area contributed by atoms with Gasteiger partial charge in [-0.3, -0.25) is 0 Å². The summed E-state index contributed by atoms with van der Waals surface area (Å²) in [6, 6.07) is 7.17. The van der Waals surface area contributed by atoms with Crippen LogP contribution in [0.1, 0.15) is 66.4 Å². The number of carbonyl (C=O) groups is 3. The van der Waals surface area contributed by atoms with Gasteiger partial charge in [-0.2, -0.15) is 0 Å². The molecule has 2 aromatic heterocycles. The zero-order valence-corrected chi connectivity index (χ0v) is 37.5. The van der Waals surface area contributed by atoms with Gasteiger partial charge in [0.15, 0.2) is 34.5 Å². The molecule has 6 rings (SSSR count). The Balaban J connectivity index is 1.67. The number of carbonyl (C=O) groups excluding carboxylic acids is 3. The summed E-state index contributed by atoms with van der Waals surface area (Å²) in [6.07, 6.45) is 1.48. The molecule has 5 aromatic rings. The molecule has 3 aromatic carbocycles. The summed E-state index contributed by atoms with van der Waals surface area (Å²) >= 11 is 0. The molecule has 0 saturated carbocycles. The van der Waals surface area contributed by atoms with Crippen molar-refractivity contribution in [2.24, 2.45) is 35.0 Å². The number of ether oxygens (including phenoxy) is 7. The van der Waals surface area contributed by atoms with Crippen molar-refractivity contribution in [3.05, 3.63) is 52.4 Å². The third kappa shape index (κ3) is 9.33. The van der Waals surface area contributed by atoms with Crippen LogP contribution in [-0.2, 0) is 27.3 Å². The van der Waals surface area contributed by atoms with Crippen LogP contribution < -0.4 is 56.0 Å². The number of fused-ring (bicyclic) bond motifs is 7. The zero-order chi connectivity index (χ0) is 46.0. The van der Waals surface area contributed by atoms with E-state index in [1.807, 2.05) is 46.1 Å². The van der Waals surface area contributed by atoms with E-state index in [1.54, 1.807) is 30.3 Å². The average molecular weight is 871 g/mol. The van der Waals surface area contributed by atoms with Crippen LogP contribution in [0, 0.1) is 17.8 Å². The SMILES string of the molecule is COc1cc(-c2c3n(c4c(=O)oc5cc(OC(=O)[C@@H](N)CC(C)C)c(OC)cc5c24)CCc2c-3cc(OC)c(OC)c2OC(=O)[C@@H](N)CC(C)C)ccc1OC(=O)[C@@H](N)CC(C)C. The van der Waals surface area contributed by atoms with Crippen LogP contribution in [0.2, 0.25) is 0 Å². The molecule has 16 nitrogen and oxygen atoms in total. The van der Waals surface area contributed by atoms with E-state index in [2.05, 4.69) is 0 Å². The molecule has 0 unspecified atom stereocenters. The van der Waals surface area contributed by atoms with Gasteiger partial charge in [0.25, 0.3) is 0 Å². The largest absolute Gasteiger partial charge is 0.493 e. The number of aryl methyl sites for hydroxylation is 1. The summed E-state index contributed by atoms with van der Waals surface area (Å²) in [5.41, 5.74) is 21.0. The van der Waals surface area contributed by atoms with E-state index in [9.17, 15) is 19.2 Å². The summed E-state index contributed by atoms with van der Waals surface area (Å²) in [7, 11) is 5.79. The number of nitrogens with two attached hydrogens (primary N) is 3. The van der Waals surface area contributed by atoms with E-state index in [-0.39, 0.29) is 82.1 Å². The van der Waals surface area contributed by atoms with Gasteiger partial charge in [0.1, 0.15) is 29.2 Å². The predicted molar refractivity (Wildman–Crippen MR) is 238 cm³/mol. The van der Waals surface area contributed by atoms with E-state index in [4.69, 9.17) is 54.8 Å². The Morgan fingerprint density at radius 2 is 1.19 bits per heavy atom. The number of methoxy groups -OCH3 is 4. The predicted octanol–water partition coefficient (Wildman–Crippen LogP) is 6.51. The molecule has 3 heterocycles. The van der Waals surface area contributed by atoms with E-state index >= 15 is 0 Å². The van der Waals surface area contributed by atoms with Crippen LogP contribution in [0.5, 0.6) is 40.2 Å². The van der Waals surface area contributed by atoms with Gasteiger partial charge >= 0.3 is 23.5 Å². The van der Waals surface area contributed by atoms with Crippen molar-refractivity contribution in [2.75, 3.05) is 28.4 Å². The summed E-state index contributed by atoms with van der Waals surface area (Å²) in [4.78, 5) is 54.2. The number of aromatic nitrogens is 1. The number of hydrogen-bond acceptors (Lipinski definition) is 15. The Morgan fingerprint density at radius 3 is 1.73 bits per heavy atom. The van der Waals surface area contributed by atoms with Crippen LogP contribution in [0.15, 0.2) is 45.6 Å². The number of hydrogen-bond donors (Lipinski definition) is 3. The van der Waals surface area contributed by atoms with Crippen molar-refractivity contribution in [3.63, 3.8) is 0 Å². The Labute approximate surface area is 365 Å². The lowest BCUT2D eigenvalue weighted by atomic mass is 9.91. The smallest absolute Gasteiger partial charge is 0.361 e. The van der Waals surface area contributed by atoms with Gasteiger partial charge in [-0.05, 0) is 73.3 Å². The van der Waals surface area contributed by atoms with Gasteiger partial charge < -0.3 is 59.3 Å². The first-order valence-corrected chi connectivity index (χ1v) is 21.0. The van der Waals surface area contributed by atoms with Crippen LogP contribution in [0.25, 0.3) is 44.3 Å². The third-order valence-electron chi connectivity index (χ3n) is 10.9. The molecular formula is C47H58N4O12. The highest BCUT2D eigenvalue weighted by atomic mass is 16.6. The van der Waals surface area contributed by atoms with Gasteiger partial charge in [0.2, 0.25) is 5.75 Å². The van der Waals surface area contributed by atoms with E-state index in [0.717, 1.165) is 0 Å². The van der Waals surface area contributed by atoms with Gasteiger partial charge in [-0.25, -0.2) is 19.2 Å². The summed E-state index contributed by atoms with van der Waals surface area (Å²) in [6.45, 7) is 12.0. The summed E-state index contributed by atoms with van der Waals surface area (Å²) < 4.78 is 48.7. The first-order valence-electron chi connectivity index (χ1n) is 21.0. The number of rotatable bonds is 17. The van der Waals surface area contributed by atoms with Gasteiger partial charge in [-0.1, -0.05) is 47.6 Å². The Hall–Kier alpha value is -6.10. The zero-order valence-electron chi connectivity index (χ0n) is 37.5. The minimum atomic E-state index is -0.914. The van der Waals surface area contributed by atoms with E-state index in [1.165, 1.54) is 34.5 Å². The fraction of sp³-hybridized carbons (Fsp3) is 0.447. The molecule has 3 atom stereocenters. The van der Waals surface area contributed by atoms with E-state index < -0.39 is 41.7 Å². The van der Waals surface area contributed by atoms with Crippen molar-refractivity contribution < 1.29 is 52.0 Å².